The molecule has 35 heavy (non-hydrogen) atoms. The molecule has 5 aromatic rings. The maximum Gasteiger partial charge on any atom is 0.250 e. The molecule has 0 aliphatic heterocycles. The second kappa shape index (κ2) is 9.92. The number of hydrogen-bond donors (Lipinski definition) is 2. The summed E-state index contributed by atoms with van der Waals surface area (Å²) in [6, 6.07) is 19.9. The number of oxazole rings is 1. The van der Waals surface area contributed by atoms with Crippen molar-refractivity contribution in [2.45, 2.75) is 0 Å². The number of carbonyl (C=O) groups is 1. The third-order valence-corrected chi connectivity index (χ3v) is 5.42. The molecule has 0 aliphatic carbocycles. The summed E-state index contributed by atoms with van der Waals surface area (Å²) in [5.74, 6) is 1.31. The van der Waals surface area contributed by atoms with E-state index in [1.165, 1.54) is 6.08 Å². The van der Waals surface area contributed by atoms with E-state index >= 15 is 0 Å². The minimum atomic E-state index is -0.394. The molecule has 9 heteroatoms. The number of amides is 1. The summed E-state index contributed by atoms with van der Waals surface area (Å²) in [7, 11) is 0. The lowest BCUT2D eigenvalue weighted by Gasteiger charge is -2.07. The molecule has 3 heterocycles. The second-order valence-corrected chi connectivity index (χ2v) is 8.27. The van der Waals surface area contributed by atoms with Crippen LogP contribution in [-0.4, -0.2) is 21.0 Å². The van der Waals surface area contributed by atoms with Crippen LogP contribution in [0.3, 0.4) is 0 Å². The number of halogens is 1. The maximum atomic E-state index is 12.3. The van der Waals surface area contributed by atoms with E-state index in [0.717, 1.165) is 11.1 Å². The lowest BCUT2D eigenvalue weighted by molar-refractivity contribution is -0.115. The fourth-order valence-electron chi connectivity index (χ4n) is 3.31. The Hall–Kier alpha value is -4.27. The third kappa shape index (κ3) is 5.46. The monoisotopic (exact) mass is 500 g/mol. The number of aromatic nitrogens is 2. The van der Waals surface area contributed by atoms with Gasteiger partial charge in [0.25, 0.3) is 0 Å². The number of nitrogens with one attached hydrogen (secondary N) is 2. The first-order chi connectivity index (χ1) is 17.0. The quantitative estimate of drug-likeness (QED) is 0.215. The first-order valence-electron chi connectivity index (χ1n) is 10.5. The average Bonchev–Trinajstić information content (AvgIpc) is 3.51. The van der Waals surface area contributed by atoms with Gasteiger partial charge in [0.15, 0.2) is 10.7 Å². The van der Waals surface area contributed by atoms with Gasteiger partial charge in [-0.2, -0.15) is 0 Å². The van der Waals surface area contributed by atoms with Crippen molar-refractivity contribution < 1.29 is 13.6 Å². The molecule has 0 saturated carbocycles. The molecule has 0 saturated heterocycles. The van der Waals surface area contributed by atoms with Gasteiger partial charge in [0.05, 0.1) is 0 Å². The number of anilines is 1. The molecule has 172 valence electrons. The highest BCUT2D eigenvalue weighted by molar-refractivity contribution is 7.80. The van der Waals surface area contributed by atoms with E-state index in [-0.39, 0.29) is 5.11 Å². The van der Waals surface area contributed by atoms with Crippen LogP contribution in [0.4, 0.5) is 5.69 Å². The Balaban J connectivity index is 1.19. The van der Waals surface area contributed by atoms with Crippen LogP contribution >= 0.6 is 23.8 Å². The highest BCUT2D eigenvalue weighted by Gasteiger charge is 2.10. The number of furan rings is 1. The second-order valence-electron chi connectivity index (χ2n) is 7.42. The standard InChI is InChI=1S/C26H17ClN4O3S/c27-18-3-1-16(2-4-18)22-9-6-20(33-22)7-10-24(32)31-26(35)29-19-5-8-23-21(15-19)30-25(34-23)17-11-13-28-14-12-17/h1-15H,(H2,29,31,32,35). The van der Waals surface area contributed by atoms with Crippen molar-refractivity contribution in [3.8, 4) is 22.8 Å². The molecule has 0 spiro atoms. The zero-order chi connectivity index (χ0) is 24.2. The van der Waals surface area contributed by atoms with Crippen molar-refractivity contribution >= 4 is 57.7 Å². The molecule has 2 aromatic carbocycles. The number of nitrogens with zero attached hydrogens (tertiary/aromatic N) is 2. The highest BCUT2D eigenvalue weighted by atomic mass is 35.5. The lowest BCUT2D eigenvalue weighted by Crippen LogP contribution is -2.32. The SMILES string of the molecule is O=C(C=Cc1ccc(-c2ccc(Cl)cc2)o1)NC(=S)Nc1ccc2oc(-c3ccncc3)nc2c1. The molecular weight excluding hydrogens is 484 g/mol. The molecule has 0 aliphatic rings. The van der Waals surface area contributed by atoms with Gasteiger partial charge in [-0.1, -0.05) is 11.6 Å². The van der Waals surface area contributed by atoms with Gasteiger partial charge in [0.2, 0.25) is 11.8 Å². The predicted molar refractivity (Wildman–Crippen MR) is 140 cm³/mol. The lowest BCUT2D eigenvalue weighted by atomic mass is 10.2. The predicted octanol–water partition coefficient (Wildman–Crippen LogP) is 6.33. The number of benzene rings is 2. The van der Waals surface area contributed by atoms with Crippen molar-refractivity contribution in [2.75, 3.05) is 5.32 Å². The Morgan fingerprint density at radius 2 is 1.74 bits per heavy atom. The van der Waals surface area contributed by atoms with Gasteiger partial charge in [-0.3, -0.25) is 15.1 Å². The molecule has 3 aromatic heterocycles. The van der Waals surface area contributed by atoms with Gasteiger partial charge in [-0.15, -0.1) is 0 Å². The molecule has 0 radical (unpaired) electrons. The number of hydrogen-bond acceptors (Lipinski definition) is 6. The van der Waals surface area contributed by atoms with Crippen molar-refractivity contribution in [1.29, 1.82) is 0 Å². The summed E-state index contributed by atoms with van der Waals surface area (Å²) >= 11 is 11.2. The van der Waals surface area contributed by atoms with Crippen LogP contribution in [0.5, 0.6) is 0 Å². The van der Waals surface area contributed by atoms with Crippen molar-refractivity contribution in [2.24, 2.45) is 0 Å². The molecule has 2 N–H and O–H groups in total. The van der Waals surface area contributed by atoms with E-state index < -0.39 is 5.91 Å². The van der Waals surface area contributed by atoms with Gasteiger partial charge in [-0.05, 0) is 85.0 Å². The topological polar surface area (TPSA) is 93.2 Å². The van der Waals surface area contributed by atoms with Crippen LogP contribution in [0.1, 0.15) is 5.76 Å². The molecule has 0 fully saturated rings. The Labute approximate surface area is 210 Å². The summed E-state index contributed by atoms with van der Waals surface area (Å²) in [6.45, 7) is 0. The number of pyridine rings is 1. The van der Waals surface area contributed by atoms with E-state index in [0.29, 0.717) is 39.2 Å². The van der Waals surface area contributed by atoms with Crippen LogP contribution in [0.2, 0.25) is 5.02 Å². The Morgan fingerprint density at radius 3 is 2.54 bits per heavy atom. The Bertz CT molecular complexity index is 1540. The highest BCUT2D eigenvalue weighted by Crippen LogP contribution is 2.26. The molecular formula is C26H17ClN4O3S. The Kier molecular flexibility index (Phi) is 6.38. The fraction of sp³-hybridized carbons (Fsp3) is 0. The van der Waals surface area contributed by atoms with Crippen molar-refractivity contribution in [3.63, 3.8) is 0 Å². The van der Waals surface area contributed by atoms with Gasteiger partial charge in [0, 0.05) is 40.3 Å². The Morgan fingerprint density at radius 1 is 0.943 bits per heavy atom. The molecule has 0 unspecified atom stereocenters. The maximum absolute atomic E-state index is 12.3. The number of carbonyl (C=O) groups excluding carboxylic acids is 1. The van der Waals surface area contributed by atoms with Crippen LogP contribution in [-0.2, 0) is 4.79 Å². The van der Waals surface area contributed by atoms with E-state index in [2.05, 4.69) is 20.6 Å². The average molecular weight is 501 g/mol. The van der Waals surface area contributed by atoms with Gasteiger partial charge < -0.3 is 14.2 Å². The minimum absolute atomic E-state index is 0.151. The summed E-state index contributed by atoms with van der Waals surface area (Å²) in [5.41, 5.74) is 3.68. The minimum Gasteiger partial charge on any atom is -0.457 e. The van der Waals surface area contributed by atoms with E-state index in [9.17, 15) is 4.79 Å². The summed E-state index contributed by atoms with van der Waals surface area (Å²) < 4.78 is 11.6. The summed E-state index contributed by atoms with van der Waals surface area (Å²) in [6.07, 6.45) is 6.27. The van der Waals surface area contributed by atoms with Gasteiger partial charge in [0.1, 0.15) is 17.0 Å². The largest absolute Gasteiger partial charge is 0.457 e. The van der Waals surface area contributed by atoms with E-state index in [4.69, 9.17) is 32.7 Å². The molecule has 7 nitrogen and oxygen atoms in total. The fourth-order valence-corrected chi connectivity index (χ4v) is 3.65. The number of rotatable bonds is 5. The molecule has 0 bridgehead atoms. The van der Waals surface area contributed by atoms with Crippen molar-refractivity contribution in [1.82, 2.24) is 15.3 Å². The van der Waals surface area contributed by atoms with Crippen LogP contribution in [0, 0.1) is 0 Å². The van der Waals surface area contributed by atoms with Crippen molar-refractivity contribution in [3.05, 3.63) is 96.0 Å². The molecule has 1 amide bonds. The first kappa shape index (κ1) is 22.5. The van der Waals surface area contributed by atoms with Crippen LogP contribution in [0.15, 0.2) is 94.0 Å². The normalized spacial score (nSPS) is 11.1. The summed E-state index contributed by atoms with van der Waals surface area (Å²) in [5, 5.41) is 6.39. The zero-order valence-corrected chi connectivity index (χ0v) is 19.6. The zero-order valence-electron chi connectivity index (χ0n) is 18.1. The summed E-state index contributed by atoms with van der Waals surface area (Å²) in [4.78, 5) is 20.8. The number of thiocarbonyl (C=S) groups is 1. The first-order valence-corrected chi connectivity index (χ1v) is 11.3. The molecule has 5 rings (SSSR count). The van der Waals surface area contributed by atoms with E-state index in [1.807, 2.05) is 30.3 Å². The van der Waals surface area contributed by atoms with Crippen LogP contribution < -0.4 is 10.6 Å². The van der Waals surface area contributed by atoms with Gasteiger partial charge >= 0.3 is 0 Å². The smallest absolute Gasteiger partial charge is 0.250 e. The number of fused-ring (bicyclic) bond motifs is 1. The third-order valence-electron chi connectivity index (χ3n) is 4.96. The van der Waals surface area contributed by atoms with E-state index in [1.54, 1.807) is 54.9 Å². The van der Waals surface area contributed by atoms with Gasteiger partial charge in [-0.25, -0.2) is 4.98 Å². The van der Waals surface area contributed by atoms with Crippen LogP contribution in [0.25, 0.3) is 40.0 Å². The molecule has 0 atom stereocenters.